The summed E-state index contributed by atoms with van der Waals surface area (Å²) in [5.41, 5.74) is 0.0164. The third kappa shape index (κ3) is 27.9. The van der Waals surface area contributed by atoms with Crippen LogP contribution in [0.3, 0.4) is 0 Å². The number of carbonyl (C=O) groups excluding carboxylic acids is 2. The van der Waals surface area contributed by atoms with E-state index >= 15 is 0 Å². The molecule has 0 aliphatic heterocycles. The van der Waals surface area contributed by atoms with Gasteiger partial charge in [0, 0.05) is 0 Å². The third-order valence-corrected chi connectivity index (χ3v) is 10.1. The lowest BCUT2D eigenvalue weighted by Gasteiger charge is -2.09. The van der Waals surface area contributed by atoms with E-state index < -0.39 is 17.9 Å². The molecule has 0 unspecified atom stereocenters. The van der Waals surface area contributed by atoms with Crippen molar-refractivity contribution in [2.75, 3.05) is 13.2 Å². The van der Waals surface area contributed by atoms with E-state index in [-0.39, 0.29) is 29.9 Å². The van der Waals surface area contributed by atoms with Gasteiger partial charge in [0.25, 0.3) is 0 Å². The maximum Gasteiger partial charge on any atom is 0.338 e. The van der Waals surface area contributed by atoms with Crippen molar-refractivity contribution in [3.8, 4) is 0 Å². The molecular weight excluding hydrogens is 636 g/mol. The van der Waals surface area contributed by atoms with E-state index in [0.29, 0.717) is 0 Å². The van der Waals surface area contributed by atoms with Crippen LogP contribution in [-0.2, 0) is 9.47 Å². The fraction of sp³-hybridized carbons (Fsp3) is 0.800. The van der Waals surface area contributed by atoms with Crippen LogP contribution < -0.4 is 0 Å². The number of benzene rings is 1. The van der Waals surface area contributed by atoms with Crippen LogP contribution in [0.25, 0.3) is 0 Å². The number of carboxylic acids is 1. The molecule has 1 N–H and O–H groups in total. The Labute approximate surface area is 313 Å². The third-order valence-electron chi connectivity index (χ3n) is 10.1. The minimum Gasteiger partial charge on any atom is -0.478 e. The molecule has 0 aliphatic rings. The van der Waals surface area contributed by atoms with Gasteiger partial charge in [0.05, 0.1) is 29.9 Å². The Hall–Kier alpha value is -2.37. The second-order valence-corrected chi connectivity index (χ2v) is 15.0. The highest BCUT2D eigenvalue weighted by Crippen LogP contribution is 2.17. The van der Waals surface area contributed by atoms with Crippen molar-refractivity contribution in [2.45, 2.75) is 219 Å². The van der Waals surface area contributed by atoms with Crippen LogP contribution in [0.4, 0.5) is 0 Å². The first-order chi connectivity index (χ1) is 25.0. The van der Waals surface area contributed by atoms with Crippen LogP contribution in [0.2, 0.25) is 0 Å². The topological polar surface area (TPSA) is 89.9 Å². The van der Waals surface area contributed by atoms with Crippen LogP contribution in [0, 0.1) is 0 Å². The number of ether oxygens (including phenoxy) is 2. The minimum absolute atomic E-state index is 0.0701. The summed E-state index contributed by atoms with van der Waals surface area (Å²) in [4.78, 5) is 37.1. The molecule has 1 aromatic rings. The fourth-order valence-electron chi connectivity index (χ4n) is 6.78. The highest BCUT2D eigenvalue weighted by Gasteiger charge is 2.18. The normalized spacial score (nSPS) is 11.2. The van der Waals surface area contributed by atoms with Gasteiger partial charge in [-0.2, -0.15) is 0 Å². The van der Waals surface area contributed by atoms with E-state index in [1.54, 1.807) is 0 Å². The van der Waals surface area contributed by atoms with Gasteiger partial charge in [-0.25, -0.2) is 14.4 Å². The molecule has 0 saturated carbocycles. The van der Waals surface area contributed by atoms with Crippen molar-refractivity contribution in [1.82, 2.24) is 0 Å². The van der Waals surface area contributed by atoms with E-state index in [1.165, 1.54) is 185 Å². The van der Waals surface area contributed by atoms with Crippen LogP contribution in [0.15, 0.2) is 18.2 Å². The van der Waals surface area contributed by atoms with Gasteiger partial charge in [-0.05, 0) is 31.0 Å². The zero-order valence-corrected chi connectivity index (χ0v) is 33.3. The lowest BCUT2D eigenvalue weighted by atomic mass is 10.0. The monoisotopic (exact) mass is 715 g/mol. The maximum absolute atomic E-state index is 12.7. The molecule has 6 heteroatoms. The summed E-state index contributed by atoms with van der Waals surface area (Å²) in [5.74, 6) is -2.41. The van der Waals surface area contributed by atoms with Crippen LogP contribution in [0.5, 0.6) is 0 Å². The molecule has 0 bridgehead atoms. The molecule has 0 aromatic heterocycles. The smallest absolute Gasteiger partial charge is 0.338 e. The van der Waals surface area contributed by atoms with E-state index in [2.05, 4.69) is 13.8 Å². The van der Waals surface area contributed by atoms with Gasteiger partial charge in [0.15, 0.2) is 0 Å². The summed E-state index contributed by atoms with van der Waals surface area (Å²) < 4.78 is 10.9. The summed E-state index contributed by atoms with van der Waals surface area (Å²) >= 11 is 0. The number of carbonyl (C=O) groups is 3. The Bertz CT molecular complexity index is 921. The first-order valence-corrected chi connectivity index (χ1v) is 21.7. The van der Waals surface area contributed by atoms with Crippen LogP contribution in [-0.4, -0.2) is 36.2 Å². The lowest BCUT2D eigenvalue weighted by Crippen LogP contribution is -2.13. The predicted octanol–water partition coefficient (Wildman–Crippen LogP) is 14.2. The fourth-order valence-corrected chi connectivity index (χ4v) is 6.78. The van der Waals surface area contributed by atoms with Gasteiger partial charge in [0.1, 0.15) is 0 Å². The SMILES string of the molecule is CCCCCCCCCCCCCCCCCCOC(=O)c1cc(C(=O)O)cc(C(=O)OCCCCCCCCCCCCCCCCCC)c1. The molecule has 0 heterocycles. The molecule has 1 rings (SSSR count). The molecule has 0 aliphatic carbocycles. The average Bonchev–Trinajstić information content (AvgIpc) is 3.13. The van der Waals surface area contributed by atoms with E-state index in [9.17, 15) is 19.5 Å². The highest BCUT2D eigenvalue weighted by atomic mass is 16.5. The first kappa shape index (κ1) is 46.7. The second kappa shape index (κ2) is 34.7. The predicted molar refractivity (Wildman–Crippen MR) is 213 cm³/mol. The van der Waals surface area contributed by atoms with Crippen molar-refractivity contribution >= 4 is 17.9 Å². The van der Waals surface area contributed by atoms with Gasteiger partial charge < -0.3 is 14.6 Å². The molecule has 0 amide bonds. The minimum atomic E-state index is -1.20. The summed E-state index contributed by atoms with van der Waals surface area (Å²) in [5, 5.41) is 9.56. The molecule has 0 spiro atoms. The summed E-state index contributed by atoms with van der Waals surface area (Å²) in [6.07, 6.45) is 40.8. The van der Waals surface area contributed by atoms with E-state index in [1.807, 2.05) is 0 Å². The molecule has 1 aromatic carbocycles. The Morgan fingerprint density at radius 1 is 0.373 bits per heavy atom. The lowest BCUT2D eigenvalue weighted by molar-refractivity contribution is 0.0496. The molecule has 0 radical (unpaired) electrons. The Kier molecular flexibility index (Phi) is 31.7. The Morgan fingerprint density at radius 3 is 0.824 bits per heavy atom. The van der Waals surface area contributed by atoms with E-state index in [0.717, 1.165) is 38.5 Å². The number of hydrogen-bond donors (Lipinski definition) is 1. The zero-order chi connectivity index (χ0) is 37.0. The molecule has 0 fully saturated rings. The standard InChI is InChI=1S/C45H78O6/c1-3-5-7-9-11-13-15-17-19-21-23-25-27-29-31-33-35-50-44(48)41-37-40(43(46)47)38-42(39-41)45(49)51-36-34-32-30-28-26-24-22-20-18-16-14-12-10-8-6-4-2/h37-39H,3-36H2,1-2H3,(H,46,47). The number of hydrogen-bond acceptors (Lipinski definition) is 5. The molecule has 0 saturated heterocycles. The number of carboxylic acid groups (broad SMARTS) is 1. The van der Waals surface area contributed by atoms with Crippen LogP contribution in [0.1, 0.15) is 250 Å². The number of aromatic carboxylic acids is 1. The maximum atomic E-state index is 12.7. The summed E-state index contributed by atoms with van der Waals surface area (Å²) in [6.45, 7) is 5.10. The van der Waals surface area contributed by atoms with Crippen LogP contribution >= 0.6 is 0 Å². The zero-order valence-electron chi connectivity index (χ0n) is 33.3. The van der Waals surface area contributed by atoms with Gasteiger partial charge in [0.2, 0.25) is 0 Å². The highest BCUT2D eigenvalue weighted by molar-refractivity contribution is 6.00. The molecule has 0 atom stereocenters. The first-order valence-electron chi connectivity index (χ1n) is 21.7. The van der Waals surface area contributed by atoms with Crippen molar-refractivity contribution in [2.24, 2.45) is 0 Å². The number of rotatable bonds is 37. The van der Waals surface area contributed by atoms with E-state index in [4.69, 9.17) is 9.47 Å². The van der Waals surface area contributed by atoms with Gasteiger partial charge in [-0.3, -0.25) is 0 Å². The van der Waals surface area contributed by atoms with Crippen molar-refractivity contribution in [3.63, 3.8) is 0 Å². The molecular formula is C45H78O6. The summed E-state index contributed by atoms with van der Waals surface area (Å²) in [7, 11) is 0. The van der Waals surface area contributed by atoms with Gasteiger partial charge >= 0.3 is 17.9 Å². The van der Waals surface area contributed by atoms with Crippen molar-refractivity contribution in [1.29, 1.82) is 0 Å². The largest absolute Gasteiger partial charge is 0.478 e. The Morgan fingerprint density at radius 2 is 0.588 bits per heavy atom. The van der Waals surface area contributed by atoms with Gasteiger partial charge in [-0.1, -0.05) is 206 Å². The molecule has 294 valence electrons. The summed E-state index contributed by atoms with van der Waals surface area (Å²) in [6, 6.07) is 3.92. The molecule has 6 nitrogen and oxygen atoms in total. The Balaban J connectivity index is 2.12. The van der Waals surface area contributed by atoms with Crippen molar-refractivity contribution in [3.05, 3.63) is 34.9 Å². The molecule has 51 heavy (non-hydrogen) atoms. The number of esters is 2. The van der Waals surface area contributed by atoms with Crippen molar-refractivity contribution < 1.29 is 29.0 Å². The quantitative estimate of drug-likeness (QED) is 0.0545. The second-order valence-electron chi connectivity index (χ2n) is 15.0. The van der Waals surface area contributed by atoms with Gasteiger partial charge in [-0.15, -0.1) is 0 Å². The number of unbranched alkanes of at least 4 members (excludes halogenated alkanes) is 30. The average molecular weight is 715 g/mol.